The maximum Gasteiger partial charge on any atom is 0.707 e. The van der Waals surface area contributed by atoms with Gasteiger partial charge in [-0.25, -0.2) is 9.59 Å². The maximum absolute atomic E-state index is 11.7. The van der Waals surface area contributed by atoms with E-state index < -0.39 is 31.0 Å². The first-order chi connectivity index (χ1) is 10.6. The Morgan fingerprint density at radius 3 is 2.17 bits per heavy atom. The highest BCUT2D eigenvalue weighted by molar-refractivity contribution is 6.33. The van der Waals surface area contributed by atoms with Gasteiger partial charge >= 0.3 is 19.4 Å². The average molecular weight is 339 g/mol. The van der Waals surface area contributed by atoms with Gasteiger partial charge in [0.25, 0.3) is 0 Å². The van der Waals surface area contributed by atoms with Crippen LogP contribution in [0.3, 0.4) is 0 Å². The molecular formula is C14H23B2NO7. The number of hydrogen-bond acceptors (Lipinski definition) is 6. The molecule has 0 bridgehead atoms. The van der Waals surface area contributed by atoms with E-state index in [2.05, 4.69) is 9.97 Å². The zero-order chi connectivity index (χ0) is 17.6. The van der Waals surface area contributed by atoms with Gasteiger partial charge in [0.2, 0.25) is 0 Å². The lowest BCUT2D eigenvalue weighted by atomic mass is 10.1. The minimum absolute atomic E-state index is 0. The van der Waals surface area contributed by atoms with Crippen molar-refractivity contribution in [2.45, 2.75) is 38.8 Å². The average Bonchev–Trinajstić information content (AvgIpc) is 2.37. The number of aliphatic carboxylic acids is 1. The van der Waals surface area contributed by atoms with Crippen LogP contribution in [-0.2, 0) is 16.0 Å². The number of carboxylic acids is 1. The lowest BCUT2D eigenvalue weighted by molar-refractivity contribution is -0.139. The first-order valence-electron chi connectivity index (χ1n) is 6.91. The number of alkyl carbamates (subject to hydrolysis) is 1. The Bertz CT molecular complexity index is 543. The number of nitrogens with one attached hydrogen (secondary N) is 1. The molecule has 0 saturated heterocycles. The molecule has 0 heterocycles. The summed E-state index contributed by atoms with van der Waals surface area (Å²) in [5, 5.41) is 28.8. The Kier molecular flexibility index (Phi) is 8.35. The molecule has 1 rings (SSSR count). The molecule has 1 amide bonds. The number of carboxylic acid groups (broad SMARTS) is 1. The predicted octanol–water partition coefficient (Wildman–Crippen LogP) is -0.629. The summed E-state index contributed by atoms with van der Waals surface area (Å²) in [5.74, 6) is -0.974. The summed E-state index contributed by atoms with van der Waals surface area (Å²) < 4.78 is 9.68. The minimum Gasteiger partial charge on any atom is -0.512 e. The van der Waals surface area contributed by atoms with Gasteiger partial charge in [-0.2, -0.15) is 0 Å². The van der Waals surface area contributed by atoms with Crippen molar-refractivity contribution >= 4 is 27.8 Å². The van der Waals surface area contributed by atoms with Crippen LogP contribution in [0.1, 0.15) is 26.3 Å². The van der Waals surface area contributed by atoms with Crippen molar-refractivity contribution in [3.63, 3.8) is 0 Å². The number of carbonyl (C=O) groups is 2. The van der Waals surface area contributed by atoms with Crippen LogP contribution in [0.4, 0.5) is 4.79 Å². The highest BCUT2D eigenvalue weighted by Crippen LogP contribution is 2.14. The molecule has 0 spiro atoms. The van der Waals surface area contributed by atoms with E-state index in [1.54, 1.807) is 32.9 Å². The zero-order valence-corrected chi connectivity index (χ0v) is 13.1. The summed E-state index contributed by atoms with van der Waals surface area (Å²) in [6, 6.07) is 4.89. The molecule has 4 N–H and O–H groups in total. The number of hydrogen-bond donors (Lipinski definition) is 4. The summed E-state index contributed by atoms with van der Waals surface area (Å²) >= 11 is 0. The topological polar surface area (TPSA) is 125 Å². The van der Waals surface area contributed by atoms with E-state index in [1.807, 2.05) is 0 Å². The molecule has 10 heteroatoms. The summed E-state index contributed by atoms with van der Waals surface area (Å²) in [6.07, 6.45) is -0.774. The van der Waals surface area contributed by atoms with Crippen LogP contribution in [0.15, 0.2) is 24.3 Å². The molecular weight excluding hydrogens is 316 g/mol. The van der Waals surface area contributed by atoms with Gasteiger partial charge in [-0.1, -0.05) is 12.1 Å². The first kappa shape index (κ1) is 21.8. The lowest BCUT2D eigenvalue weighted by Gasteiger charge is -2.22. The SMILES string of the molecule is B.CC(C)(C)OC(=O)NC(Cc1ccc(OB(O)O)cc1)C(=O)O. The number of benzene rings is 1. The summed E-state index contributed by atoms with van der Waals surface area (Å²) in [7, 11) is -1.93. The second-order valence-electron chi connectivity index (χ2n) is 5.83. The molecule has 132 valence electrons. The van der Waals surface area contributed by atoms with Crippen molar-refractivity contribution in [2.75, 3.05) is 0 Å². The van der Waals surface area contributed by atoms with E-state index >= 15 is 0 Å². The van der Waals surface area contributed by atoms with Crippen molar-refractivity contribution in [3.8, 4) is 5.75 Å². The van der Waals surface area contributed by atoms with Crippen LogP contribution in [0.25, 0.3) is 0 Å². The number of ether oxygens (including phenoxy) is 1. The van der Waals surface area contributed by atoms with E-state index in [4.69, 9.17) is 14.8 Å². The molecule has 1 unspecified atom stereocenters. The van der Waals surface area contributed by atoms with Crippen LogP contribution in [0.2, 0.25) is 0 Å². The lowest BCUT2D eigenvalue weighted by Crippen LogP contribution is -2.44. The maximum atomic E-state index is 11.7. The predicted molar refractivity (Wildman–Crippen MR) is 91.7 cm³/mol. The van der Waals surface area contributed by atoms with Crippen LogP contribution in [0.5, 0.6) is 5.75 Å². The highest BCUT2D eigenvalue weighted by Gasteiger charge is 2.24. The van der Waals surface area contributed by atoms with Crippen molar-refractivity contribution in [1.82, 2.24) is 5.32 Å². The number of rotatable bonds is 6. The second kappa shape index (κ2) is 9.19. The fourth-order valence-corrected chi connectivity index (χ4v) is 1.71. The Labute approximate surface area is 142 Å². The molecule has 0 radical (unpaired) electrons. The molecule has 0 aromatic heterocycles. The largest absolute Gasteiger partial charge is 0.707 e. The zero-order valence-electron chi connectivity index (χ0n) is 13.1. The van der Waals surface area contributed by atoms with Gasteiger partial charge in [0.05, 0.1) is 8.41 Å². The van der Waals surface area contributed by atoms with Gasteiger partial charge in [-0.05, 0) is 38.5 Å². The molecule has 0 saturated carbocycles. The molecule has 0 aliphatic rings. The summed E-state index contributed by atoms with van der Waals surface area (Å²) in [4.78, 5) is 22.9. The summed E-state index contributed by atoms with van der Waals surface area (Å²) in [5.41, 5.74) is -0.106. The molecule has 0 aliphatic heterocycles. The van der Waals surface area contributed by atoms with Crippen LogP contribution in [-0.4, -0.2) is 54.6 Å². The van der Waals surface area contributed by atoms with E-state index in [0.717, 1.165) is 0 Å². The minimum atomic E-state index is -1.93. The second-order valence-corrected chi connectivity index (χ2v) is 5.83. The molecule has 24 heavy (non-hydrogen) atoms. The van der Waals surface area contributed by atoms with Crippen LogP contribution >= 0.6 is 0 Å². The number of carbonyl (C=O) groups excluding carboxylic acids is 1. The monoisotopic (exact) mass is 339 g/mol. The van der Waals surface area contributed by atoms with Gasteiger partial charge < -0.3 is 29.9 Å². The van der Waals surface area contributed by atoms with Crippen molar-refractivity contribution in [2.24, 2.45) is 0 Å². The fourth-order valence-electron chi connectivity index (χ4n) is 1.71. The Morgan fingerprint density at radius 2 is 1.75 bits per heavy atom. The van der Waals surface area contributed by atoms with Gasteiger partial charge in [0, 0.05) is 6.42 Å². The molecule has 1 aromatic rings. The molecule has 8 nitrogen and oxygen atoms in total. The Hall–Kier alpha value is -2.19. The third-order valence-electron chi connectivity index (χ3n) is 2.59. The third-order valence-corrected chi connectivity index (χ3v) is 2.59. The van der Waals surface area contributed by atoms with E-state index in [9.17, 15) is 14.7 Å². The summed E-state index contributed by atoms with van der Waals surface area (Å²) in [6.45, 7) is 5.03. The highest BCUT2D eigenvalue weighted by atomic mass is 16.6. The Balaban J connectivity index is 0.00000529. The van der Waals surface area contributed by atoms with E-state index in [-0.39, 0.29) is 20.6 Å². The van der Waals surface area contributed by atoms with Crippen molar-refractivity contribution in [1.29, 1.82) is 0 Å². The van der Waals surface area contributed by atoms with Crippen LogP contribution < -0.4 is 9.97 Å². The standard InChI is InChI=1S/C14H20BNO7.BH3/c1-14(2,3)22-13(19)16-11(12(17)18)8-9-4-6-10(7-5-9)23-15(20)21;/h4-7,11,20-21H,8H2,1-3H3,(H,16,19)(H,17,18);1H3. The molecule has 1 aromatic carbocycles. The van der Waals surface area contributed by atoms with Crippen molar-refractivity contribution in [3.05, 3.63) is 29.8 Å². The quantitative estimate of drug-likeness (QED) is 0.509. The molecule has 0 fully saturated rings. The number of amides is 1. The van der Waals surface area contributed by atoms with Gasteiger partial charge in [0.15, 0.2) is 0 Å². The normalized spacial score (nSPS) is 11.7. The van der Waals surface area contributed by atoms with Gasteiger partial charge in [0.1, 0.15) is 17.4 Å². The van der Waals surface area contributed by atoms with Gasteiger partial charge in [-0.15, -0.1) is 0 Å². The first-order valence-corrected chi connectivity index (χ1v) is 6.91. The van der Waals surface area contributed by atoms with E-state index in [1.165, 1.54) is 12.1 Å². The fraction of sp³-hybridized carbons (Fsp3) is 0.429. The molecule has 1 atom stereocenters. The van der Waals surface area contributed by atoms with Crippen molar-refractivity contribution < 1.29 is 34.1 Å². The van der Waals surface area contributed by atoms with E-state index in [0.29, 0.717) is 5.56 Å². The van der Waals surface area contributed by atoms with Crippen LogP contribution in [0, 0.1) is 0 Å². The Morgan fingerprint density at radius 1 is 1.21 bits per heavy atom. The third kappa shape index (κ3) is 8.44. The smallest absolute Gasteiger partial charge is 0.512 e. The van der Waals surface area contributed by atoms with Gasteiger partial charge in [-0.3, -0.25) is 0 Å². The molecule has 0 aliphatic carbocycles.